The Balaban J connectivity index is 0.00000684. The molecule has 14 nitrogen and oxygen atoms in total. The van der Waals surface area contributed by atoms with Gasteiger partial charge in [-0.2, -0.15) is 0 Å². The molecule has 0 aromatic heterocycles. The van der Waals surface area contributed by atoms with Crippen LogP contribution in [-0.4, -0.2) is 119 Å². The molecule has 2 aliphatic rings. The van der Waals surface area contributed by atoms with Crippen LogP contribution in [-0.2, 0) is 32.6 Å². The van der Waals surface area contributed by atoms with Crippen molar-refractivity contribution in [2.45, 2.75) is 107 Å². The number of hydrogen-bond acceptors (Lipinski definition) is 14. The predicted octanol–water partition coefficient (Wildman–Crippen LogP) is -4.87. The second-order valence-electron chi connectivity index (χ2n) is 8.89. The zero-order valence-electron chi connectivity index (χ0n) is 21.5. The number of phosphoric ester groups is 1. The number of ether oxygens (including phenoxy) is 4. The minimum atomic E-state index is -4.68. The van der Waals surface area contributed by atoms with E-state index in [1.165, 1.54) is 0 Å². The van der Waals surface area contributed by atoms with Gasteiger partial charge in [-0.25, -0.2) is 0 Å². The molecule has 214 valence electrons. The monoisotopic (exact) mass is 570 g/mol. The van der Waals surface area contributed by atoms with Gasteiger partial charge in [0.05, 0.1) is 13.2 Å². The van der Waals surface area contributed by atoms with E-state index in [0.717, 1.165) is 39.2 Å². The molecule has 2 aliphatic heterocycles. The number of aliphatic hydroxyl groups excluding tert-OH is 6. The van der Waals surface area contributed by atoms with Crippen LogP contribution in [0.25, 0.3) is 0 Å². The number of unbranched alkanes of at least 4 members (excludes halogenated alkanes) is 5. The number of hydrogen-bond donors (Lipinski definition) is 6. The smallest absolute Gasteiger partial charge is 0.756 e. The normalized spacial score (nSPS) is 38.1. The average molecular weight is 571 g/mol. The second kappa shape index (κ2) is 17.5. The van der Waals surface area contributed by atoms with Crippen LogP contribution in [0.5, 0.6) is 0 Å². The minimum absolute atomic E-state index is 0. The van der Waals surface area contributed by atoms with Gasteiger partial charge >= 0.3 is 29.6 Å². The number of aliphatic hydroxyl groups is 6. The SMILES string of the molecule is CCCCCCCCO[C@H]1O[C@H](CO)[C@@H](O)[C@H](O)[C@@H]1O[C@H]1O[C@H](COP(=O)([O-])OC)[C@@H](O)[C@H](O)[C@@H]1O.[Na+]. The van der Waals surface area contributed by atoms with E-state index in [1.807, 2.05) is 0 Å². The third-order valence-corrected chi connectivity index (χ3v) is 7.10. The van der Waals surface area contributed by atoms with Crippen molar-refractivity contribution in [1.29, 1.82) is 0 Å². The summed E-state index contributed by atoms with van der Waals surface area (Å²) in [5, 5.41) is 61.2. The molecule has 0 aliphatic carbocycles. The summed E-state index contributed by atoms with van der Waals surface area (Å²) < 4.78 is 42.5. The fraction of sp³-hybridized carbons (Fsp3) is 1.00. The van der Waals surface area contributed by atoms with E-state index in [4.69, 9.17) is 18.9 Å². The van der Waals surface area contributed by atoms with E-state index in [0.29, 0.717) is 6.42 Å². The van der Waals surface area contributed by atoms with Gasteiger partial charge in [-0.05, 0) is 6.42 Å². The minimum Gasteiger partial charge on any atom is -0.756 e. The van der Waals surface area contributed by atoms with E-state index in [9.17, 15) is 40.1 Å². The quantitative estimate of drug-likeness (QED) is 0.0618. The number of phosphoric acid groups is 1. The molecule has 0 radical (unpaired) electrons. The Kier molecular flexibility index (Phi) is 16.9. The maximum Gasteiger partial charge on any atom is 1.00 e. The first kappa shape index (κ1) is 35.7. The molecule has 16 heteroatoms. The zero-order valence-corrected chi connectivity index (χ0v) is 24.4. The zero-order chi connectivity index (χ0) is 26.9. The van der Waals surface area contributed by atoms with Crippen LogP contribution in [0.2, 0.25) is 0 Å². The van der Waals surface area contributed by atoms with E-state index in [-0.39, 0.29) is 36.2 Å². The summed E-state index contributed by atoms with van der Waals surface area (Å²) in [4.78, 5) is 11.5. The van der Waals surface area contributed by atoms with Crippen LogP contribution in [0.3, 0.4) is 0 Å². The molecule has 2 heterocycles. The Morgan fingerprint density at radius 2 is 1.43 bits per heavy atom. The molecule has 0 aromatic carbocycles. The Morgan fingerprint density at radius 3 is 2.05 bits per heavy atom. The Bertz CT molecular complexity index is 677. The summed E-state index contributed by atoms with van der Waals surface area (Å²) in [6.07, 6.45) is -9.70. The van der Waals surface area contributed by atoms with Crippen LogP contribution in [0.4, 0.5) is 0 Å². The van der Waals surface area contributed by atoms with Crippen LogP contribution < -0.4 is 34.5 Å². The Labute approximate surface area is 238 Å². The van der Waals surface area contributed by atoms with Gasteiger partial charge in [0.25, 0.3) is 7.82 Å². The van der Waals surface area contributed by atoms with E-state index in [1.54, 1.807) is 0 Å². The van der Waals surface area contributed by atoms with Crippen LogP contribution in [0.15, 0.2) is 0 Å². The van der Waals surface area contributed by atoms with Crippen molar-refractivity contribution < 1.29 is 97.6 Å². The van der Waals surface area contributed by atoms with Crippen molar-refractivity contribution in [2.75, 3.05) is 26.9 Å². The van der Waals surface area contributed by atoms with E-state index in [2.05, 4.69) is 16.0 Å². The second-order valence-corrected chi connectivity index (χ2v) is 10.4. The van der Waals surface area contributed by atoms with Gasteiger partial charge in [0, 0.05) is 13.7 Å². The molecular formula is C21H40NaO14P. The maximum atomic E-state index is 11.5. The Hall–Kier alpha value is 0.710. The van der Waals surface area contributed by atoms with E-state index < -0.39 is 82.4 Å². The van der Waals surface area contributed by atoms with Gasteiger partial charge in [0.1, 0.15) is 48.8 Å². The molecule has 0 spiro atoms. The summed E-state index contributed by atoms with van der Waals surface area (Å²) in [7, 11) is -3.81. The van der Waals surface area contributed by atoms with Gasteiger partial charge in [0.15, 0.2) is 12.6 Å². The molecular weight excluding hydrogens is 530 g/mol. The molecule has 0 amide bonds. The summed E-state index contributed by atoms with van der Waals surface area (Å²) in [5.74, 6) is 0. The summed E-state index contributed by atoms with van der Waals surface area (Å²) >= 11 is 0. The third-order valence-electron chi connectivity index (χ3n) is 6.18. The van der Waals surface area contributed by atoms with Crippen LogP contribution in [0, 0.1) is 0 Å². The third kappa shape index (κ3) is 10.6. The van der Waals surface area contributed by atoms with Gasteiger partial charge in [-0.3, -0.25) is 4.57 Å². The van der Waals surface area contributed by atoms with Crippen molar-refractivity contribution in [3.05, 3.63) is 0 Å². The molecule has 0 bridgehead atoms. The topological polar surface area (TPSA) is 217 Å². The predicted molar refractivity (Wildman–Crippen MR) is 119 cm³/mol. The molecule has 2 fully saturated rings. The molecule has 0 saturated carbocycles. The van der Waals surface area contributed by atoms with Gasteiger partial charge in [-0.15, -0.1) is 0 Å². The maximum absolute atomic E-state index is 11.5. The fourth-order valence-electron chi connectivity index (χ4n) is 3.96. The summed E-state index contributed by atoms with van der Waals surface area (Å²) in [5.41, 5.74) is 0. The number of rotatable bonds is 15. The van der Waals surface area contributed by atoms with Crippen molar-refractivity contribution in [1.82, 2.24) is 0 Å². The van der Waals surface area contributed by atoms with Crippen molar-refractivity contribution in [2.24, 2.45) is 0 Å². The molecule has 1 unspecified atom stereocenters. The molecule has 0 aromatic rings. The molecule has 2 rings (SSSR count). The molecule has 37 heavy (non-hydrogen) atoms. The standard InChI is InChI=1S/C21H41O14P.Na/c1-3-4-5-6-7-8-9-31-21-19(17(26)14(23)12(10-22)33-21)35-20-18(27)16(25)15(24)13(34-20)11-32-36(28,29)30-2;/h12-27H,3-11H2,1-2H3,(H,28,29);/q;+1/p-1/t12-,13-,14-,15-,16+,17+,18+,19+,20-,21+;/m1./s1. The van der Waals surface area contributed by atoms with Crippen LogP contribution >= 0.6 is 7.82 Å². The first-order chi connectivity index (χ1) is 17.1. The van der Waals surface area contributed by atoms with Gasteiger partial charge in [0.2, 0.25) is 0 Å². The summed E-state index contributed by atoms with van der Waals surface area (Å²) in [6.45, 7) is 0.962. The molecule has 2 saturated heterocycles. The van der Waals surface area contributed by atoms with Gasteiger partial charge < -0.3 is 63.5 Å². The summed E-state index contributed by atoms with van der Waals surface area (Å²) in [6, 6.07) is 0. The fourth-order valence-corrected chi connectivity index (χ4v) is 4.39. The first-order valence-corrected chi connectivity index (χ1v) is 13.6. The van der Waals surface area contributed by atoms with Crippen LogP contribution in [0.1, 0.15) is 45.4 Å². The van der Waals surface area contributed by atoms with Crippen molar-refractivity contribution in [3.63, 3.8) is 0 Å². The van der Waals surface area contributed by atoms with Crippen molar-refractivity contribution >= 4 is 7.82 Å². The molecule has 6 N–H and O–H groups in total. The Morgan fingerprint density at radius 1 is 0.838 bits per heavy atom. The first-order valence-electron chi connectivity index (χ1n) is 12.2. The largest absolute Gasteiger partial charge is 1.00 e. The van der Waals surface area contributed by atoms with Crippen molar-refractivity contribution in [3.8, 4) is 0 Å². The van der Waals surface area contributed by atoms with E-state index >= 15 is 0 Å². The van der Waals surface area contributed by atoms with Gasteiger partial charge in [-0.1, -0.05) is 39.0 Å². The average Bonchev–Trinajstić information content (AvgIpc) is 2.86. The molecule has 11 atom stereocenters.